The Morgan fingerprint density at radius 1 is 1.19 bits per heavy atom. The summed E-state index contributed by atoms with van der Waals surface area (Å²) < 4.78 is 15.3. The Kier molecular flexibility index (Phi) is 3.78. The number of hydrogen-bond acceptors (Lipinski definition) is 5. The van der Waals surface area contributed by atoms with Gasteiger partial charge in [-0.15, -0.1) is 0 Å². The van der Waals surface area contributed by atoms with Crippen LogP contribution in [0.3, 0.4) is 0 Å². The standard InChI is InChI=1S/C17H19FN6O2/c1-10-9-23(12-6-4-3-5-11(12)18)7-8-24(10)16-19-13-14(20-16)22(2)17(26)21-15(13)25/h3-6,10H,7-9H2,1-2H3,(H,19,20)(H,21,25,26). The highest BCUT2D eigenvalue weighted by Gasteiger charge is 2.27. The van der Waals surface area contributed by atoms with Crippen LogP contribution in [0.4, 0.5) is 16.0 Å². The Labute approximate surface area is 147 Å². The van der Waals surface area contributed by atoms with Gasteiger partial charge in [-0.05, 0) is 19.1 Å². The smallest absolute Gasteiger partial charge is 0.329 e. The molecular formula is C17H19FN6O2. The molecule has 9 heteroatoms. The zero-order valence-electron chi connectivity index (χ0n) is 14.5. The second kappa shape index (κ2) is 6.01. The van der Waals surface area contributed by atoms with Gasteiger partial charge >= 0.3 is 5.69 Å². The first kappa shape index (κ1) is 16.4. The van der Waals surface area contributed by atoms with E-state index in [2.05, 4.69) is 15.0 Å². The maximum atomic E-state index is 14.0. The Morgan fingerprint density at radius 3 is 2.69 bits per heavy atom. The zero-order valence-corrected chi connectivity index (χ0v) is 14.5. The van der Waals surface area contributed by atoms with Crippen LogP contribution in [0.2, 0.25) is 0 Å². The normalized spacial score (nSPS) is 17.9. The zero-order chi connectivity index (χ0) is 18.4. The summed E-state index contributed by atoms with van der Waals surface area (Å²) in [6.07, 6.45) is 0. The average molecular weight is 358 g/mol. The number of aryl methyl sites for hydroxylation is 1. The van der Waals surface area contributed by atoms with Crippen molar-refractivity contribution < 1.29 is 4.39 Å². The van der Waals surface area contributed by atoms with Crippen LogP contribution >= 0.6 is 0 Å². The molecule has 1 aromatic carbocycles. The summed E-state index contributed by atoms with van der Waals surface area (Å²) in [5, 5.41) is 0. The van der Waals surface area contributed by atoms with Crippen LogP contribution in [-0.4, -0.2) is 45.2 Å². The van der Waals surface area contributed by atoms with E-state index in [1.54, 1.807) is 19.2 Å². The summed E-state index contributed by atoms with van der Waals surface area (Å²) in [6, 6.07) is 6.77. The third-order valence-electron chi connectivity index (χ3n) is 4.83. The van der Waals surface area contributed by atoms with E-state index in [-0.39, 0.29) is 17.4 Å². The number of benzene rings is 1. The minimum absolute atomic E-state index is 0.0417. The van der Waals surface area contributed by atoms with Crippen molar-refractivity contribution in [3.63, 3.8) is 0 Å². The van der Waals surface area contributed by atoms with Crippen LogP contribution in [0.5, 0.6) is 0 Å². The van der Waals surface area contributed by atoms with E-state index >= 15 is 0 Å². The first-order chi connectivity index (χ1) is 12.5. The van der Waals surface area contributed by atoms with Crippen LogP contribution < -0.4 is 21.0 Å². The number of para-hydroxylation sites is 1. The SMILES string of the molecule is CC1CN(c2ccccc2F)CCN1c1nc2c([nH]1)c(=O)[nH]c(=O)n2C. The van der Waals surface area contributed by atoms with E-state index in [1.165, 1.54) is 10.6 Å². The number of piperazine rings is 1. The molecule has 1 aliphatic heterocycles. The quantitative estimate of drug-likeness (QED) is 0.707. The van der Waals surface area contributed by atoms with Gasteiger partial charge in [0.05, 0.1) is 5.69 Å². The van der Waals surface area contributed by atoms with Gasteiger partial charge in [-0.1, -0.05) is 12.1 Å². The maximum Gasteiger partial charge on any atom is 0.329 e. The lowest BCUT2D eigenvalue weighted by atomic mass is 10.1. The molecule has 0 saturated carbocycles. The summed E-state index contributed by atoms with van der Waals surface area (Å²) in [5.74, 6) is 0.297. The van der Waals surface area contributed by atoms with Crippen LogP contribution in [0.15, 0.2) is 33.9 Å². The van der Waals surface area contributed by atoms with Gasteiger partial charge in [0.1, 0.15) is 5.82 Å². The molecule has 0 spiro atoms. The fraction of sp³-hybridized carbons (Fsp3) is 0.353. The van der Waals surface area contributed by atoms with E-state index in [9.17, 15) is 14.0 Å². The highest BCUT2D eigenvalue weighted by molar-refractivity contribution is 5.73. The van der Waals surface area contributed by atoms with E-state index < -0.39 is 11.2 Å². The molecule has 1 unspecified atom stereocenters. The van der Waals surface area contributed by atoms with Crippen molar-refractivity contribution in [1.29, 1.82) is 0 Å². The number of aromatic nitrogens is 4. The topological polar surface area (TPSA) is 90.0 Å². The summed E-state index contributed by atoms with van der Waals surface area (Å²) in [7, 11) is 1.56. The van der Waals surface area contributed by atoms with Crippen molar-refractivity contribution in [3.05, 3.63) is 50.9 Å². The second-order valence-electron chi connectivity index (χ2n) is 6.52. The molecule has 0 amide bonds. The number of hydrogen-bond donors (Lipinski definition) is 2. The summed E-state index contributed by atoms with van der Waals surface area (Å²) in [4.78, 5) is 37.5. The van der Waals surface area contributed by atoms with Crippen molar-refractivity contribution >= 4 is 22.8 Å². The van der Waals surface area contributed by atoms with Gasteiger partial charge in [0.2, 0.25) is 5.95 Å². The van der Waals surface area contributed by atoms with Gasteiger partial charge in [0, 0.05) is 32.7 Å². The van der Waals surface area contributed by atoms with Crippen molar-refractivity contribution in [1.82, 2.24) is 19.5 Å². The van der Waals surface area contributed by atoms with Crippen LogP contribution in [0.25, 0.3) is 11.2 Å². The molecule has 2 aromatic heterocycles. The number of halogens is 1. The Bertz CT molecular complexity index is 1080. The molecule has 3 heterocycles. The molecule has 0 aliphatic carbocycles. The van der Waals surface area contributed by atoms with Gasteiger partial charge in [-0.2, -0.15) is 4.98 Å². The van der Waals surface area contributed by atoms with E-state index in [1.807, 2.05) is 22.8 Å². The van der Waals surface area contributed by atoms with Gasteiger partial charge < -0.3 is 14.8 Å². The molecule has 26 heavy (non-hydrogen) atoms. The molecule has 1 fully saturated rings. The predicted octanol–water partition coefficient (Wildman–Crippen LogP) is 0.804. The maximum absolute atomic E-state index is 14.0. The average Bonchev–Trinajstić information content (AvgIpc) is 3.06. The molecule has 1 saturated heterocycles. The van der Waals surface area contributed by atoms with Crippen LogP contribution in [-0.2, 0) is 7.05 Å². The molecule has 1 atom stereocenters. The molecule has 0 radical (unpaired) electrons. The minimum Gasteiger partial charge on any atom is -0.365 e. The Hall–Kier alpha value is -3.10. The highest BCUT2D eigenvalue weighted by atomic mass is 19.1. The number of nitrogens with one attached hydrogen (secondary N) is 2. The van der Waals surface area contributed by atoms with Crippen molar-refractivity contribution in [2.24, 2.45) is 7.05 Å². The number of rotatable bonds is 2. The van der Waals surface area contributed by atoms with E-state index in [0.29, 0.717) is 36.9 Å². The lowest BCUT2D eigenvalue weighted by molar-refractivity contribution is 0.530. The third-order valence-corrected chi connectivity index (χ3v) is 4.83. The van der Waals surface area contributed by atoms with E-state index in [4.69, 9.17) is 0 Å². The number of H-pyrrole nitrogens is 2. The molecule has 1 aliphatic rings. The molecule has 4 rings (SSSR count). The number of nitrogens with zero attached hydrogens (tertiary/aromatic N) is 4. The molecule has 2 N–H and O–H groups in total. The first-order valence-corrected chi connectivity index (χ1v) is 8.41. The molecule has 3 aromatic rings. The fourth-order valence-corrected chi connectivity index (χ4v) is 3.43. The monoisotopic (exact) mass is 358 g/mol. The molecule has 0 bridgehead atoms. The third kappa shape index (κ3) is 2.56. The van der Waals surface area contributed by atoms with Crippen molar-refractivity contribution in [2.45, 2.75) is 13.0 Å². The number of imidazole rings is 1. The Balaban J connectivity index is 1.64. The lowest BCUT2D eigenvalue weighted by Crippen LogP contribution is -2.52. The van der Waals surface area contributed by atoms with Gasteiger partial charge in [-0.25, -0.2) is 9.18 Å². The predicted molar refractivity (Wildman–Crippen MR) is 97.4 cm³/mol. The molecule has 136 valence electrons. The number of fused-ring (bicyclic) bond motifs is 1. The van der Waals surface area contributed by atoms with Gasteiger partial charge in [0.25, 0.3) is 5.56 Å². The van der Waals surface area contributed by atoms with E-state index in [0.717, 1.165) is 0 Å². The minimum atomic E-state index is -0.502. The summed E-state index contributed by atoms with van der Waals surface area (Å²) >= 11 is 0. The van der Waals surface area contributed by atoms with Crippen molar-refractivity contribution in [3.8, 4) is 0 Å². The largest absolute Gasteiger partial charge is 0.365 e. The number of aromatic amines is 2. The van der Waals surface area contributed by atoms with Gasteiger partial charge in [-0.3, -0.25) is 14.3 Å². The second-order valence-corrected chi connectivity index (χ2v) is 6.52. The van der Waals surface area contributed by atoms with Crippen LogP contribution in [0, 0.1) is 5.82 Å². The van der Waals surface area contributed by atoms with Gasteiger partial charge in [0.15, 0.2) is 11.2 Å². The summed E-state index contributed by atoms with van der Waals surface area (Å²) in [6.45, 7) is 3.87. The summed E-state index contributed by atoms with van der Waals surface area (Å²) in [5.41, 5.74) is 0.184. The fourth-order valence-electron chi connectivity index (χ4n) is 3.43. The first-order valence-electron chi connectivity index (χ1n) is 8.41. The highest BCUT2D eigenvalue weighted by Crippen LogP contribution is 2.25. The molecular weight excluding hydrogens is 339 g/mol. The van der Waals surface area contributed by atoms with Crippen molar-refractivity contribution in [2.75, 3.05) is 29.4 Å². The lowest BCUT2D eigenvalue weighted by Gasteiger charge is -2.40. The molecule has 8 nitrogen and oxygen atoms in total. The Morgan fingerprint density at radius 2 is 1.96 bits per heavy atom. The van der Waals surface area contributed by atoms with Crippen LogP contribution in [0.1, 0.15) is 6.92 Å². The number of anilines is 2.